The van der Waals surface area contributed by atoms with Gasteiger partial charge in [-0.1, -0.05) is 84.9 Å². The number of phenols is 1. The Balaban J connectivity index is 1.36. The van der Waals surface area contributed by atoms with Crippen LogP contribution in [0, 0.1) is 0 Å². The van der Waals surface area contributed by atoms with Gasteiger partial charge in [0, 0.05) is 23.7 Å². The molecule has 1 N–H and O–H groups in total. The topological polar surface area (TPSA) is 35.8 Å². The monoisotopic (exact) mass is 430 g/mol. The molecule has 1 aliphatic heterocycles. The summed E-state index contributed by atoms with van der Waals surface area (Å²) < 4.78 is 0. The van der Waals surface area contributed by atoms with Gasteiger partial charge < -0.3 is 10.0 Å². The second-order valence-electron chi connectivity index (χ2n) is 8.30. The number of anilines is 1. The van der Waals surface area contributed by atoms with Crippen molar-refractivity contribution in [1.29, 1.82) is 0 Å². The molecule has 5 rings (SSSR count). The number of benzene rings is 4. The molecule has 0 fully saturated rings. The molecule has 0 spiro atoms. The molecule has 0 saturated carbocycles. The smallest absolute Gasteiger partial charge is 0.154 e. The molecule has 0 amide bonds. The summed E-state index contributed by atoms with van der Waals surface area (Å²) in [6.07, 6.45) is 7.12. The molecule has 3 heteroatoms. The van der Waals surface area contributed by atoms with E-state index < -0.39 is 0 Å². The van der Waals surface area contributed by atoms with Crippen LogP contribution >= 0.6 is 0 Å². The number of aromatic hydroxyl groups is 1. The molecule has 1 heterocycles. The molecule has 0 bridgehead atoms. The van der Waals surface area contributed by atoms with Gasteiger partial charge >= 0.3 is 0 Å². The minimum atomic E-state index is -0.305. The maximum Gasteiger partial charge on any atom is 0.154 e. The molecule has 0 radical (unpaired) electrons. The van der Waals surface area contributed by atoms with Gasteiger partial charge in [0.05, 0.1) is 0 Å². The fourth-order valence-electron chi connectivity index (χ4n) is 4.24. The Morgan fingerprint density at radius 2 is 1.24 bits per heavy atom. The molecular weight excluding hydrogens is 404 g/mol. The molecule has 3 nitrogen and oxygen atoms in total. The highest BCUT2D eigenvalue weighted by Gasteiger charge is 2.22. The molecule has 1 unspecified atom stereocenters. The third-order valence-electron chi connectivity index (χ3n) is 5.93. The van der Waals surface area contributed by atoms with Crippen LogP contribution in [0.2, 0.25) is 0 Å². The lowest BCUT2D eigenvalue weighted by Crippen LogP contribution is -2.24. The van der Waals surface area contributed by atoms with E-state index in [1.54, 1.807) is 6.21 Å². The minimum Gasteiger partial charge on any atom is -0.508 e. The normalized spacial score (nSPS) is 15.0. The first-order chi connectivity index (χ1) is 16.3. The molecule has 4 aromatic carbocycles. The number of rotatable bonds is 6. The summed E-state index contributed by atoms with van der Waals surface area (Å²) in [6, 6.07) is 35.3. The van der Waals surface area contributed by atoms with Gasteiger partial charge in [0.25, 0.3) is 0 Å². The van der Waals surface area contributed by atoms with Crippen molar-refractivity contribution >= 4 is 11.9 Å². The van der Waals surface area contributed by atoms with Crippen molar-refractivity contribution in [3.05, 3.63) is 143 Å². The van der Waals surface area contributed by atoms with Gasteiger partial charge in [-0.25, -0.2) is 0 Å². The number of hydrogen-bond acceptors (Lipinski definition) is 3. The number of phenolic OH excluding ortho intramolecular Hbond substituents is 1. The fraction of sp³-hybridized carbons (Fsp3) is 0.100. The fourth-order valence-corrected chi connectivity index (χ4v) is 4.24. The van der Waals surface area contributed by atoms with Crippen molar-refractivity contribution in [2.45, 2.75) is 19.0 Å². The van der Waals surface area contributed by atoms with Gasteiger partial charge in [-0.3, -0.25) is 4.99 Å². The highest BCUT2D eigenvalue weighted by Crippen LogP contribution is 2.35. The Kier molecular flexibility index (Phi) is 6.03. The molecule has 1 atom stereocenters. The van der Waals surface area contributed by atoms with Crippen LogP contribution in [0.1, 0.15) is 34.0 Å². The number of hydrogen-bond donors (Lipinski definition) is 1. The second kappa shape index (κ2) is 9.58. The summed E-state index contributed by atoms with van der Waals surface area (Å²) in [7, 11) is 0. The third kappa shape index (κ3) is 4.88. The van der Waals surface area contributed by atoms with Crippen LogP contribution in [-0.2, 0) is 12.8 Å². The van der Waals surface area contributed by atoms with E-state index in [0.29, 0.717) is 0 Å². The molecule has 0 aliphatic carbocycles. The maximum absolute atomic E-state index is 10.9. The zero-order chi connectivity index (χ0) is 22.5. The largest absolute Gasteiger partial charge is 0.508 e. The Bertz CT molecular complexity index is 1260. The quantitative estimate of drug-likeness (QED) is 0.370. The highest BCUT2D eigenvalue weighted by atomic mass is 16.3. The summed E-state index contributed by atoms with van der Waals surface area (Å²) in [5.41, 5.74) is 6.69. The van der Waals surface area contributed by atoms with Gasteiger partial charge in [-0.2, -0.15) is 0 Å². The van der Waals surface area contributed by atoms with Crippen LogP contribution in [-0.4, -0.2) is 11.3 Å². The summed E-state index contributed by atoms with van der Waals surface area (Å²) in [6.45, 7) is 0. The Morgan fingerprint density at radius 1 is 0.667 bits per heavy atom. The predicted molar refractivity (Wildman–Crippen MR) is 136 cm³/mol. The van der Waals surface area contributed by atoms with Crippen LogP contribution in [0.4, 0.5) is 5.69 Å². The minimum absolute atomic E-state index is 0.270. The number of aliphatic imine (C=N–C) groups is 1. The predicted octanol–water partition coefficient (Wildman–Crippen LogP) is 6.68. The molecule has 33 heavy (non-hydrogen) atoms. The summed E-state index contributed by atoms with van der Waals surface area (Å²) >= 11 is 0. The van der Waals surface area contributed by atoms with Crippen molar-refractivity contribution in [3.63, 3.8) is 0 Å². The van der Waals surface area contributed by atoms with Crippen molar-refractivity contribution in [2.75, 3.05) is 4.90 Å². The van der Waals surface area contributed by atoms with Gasteiger partial charge in [0.2, 0.25) is 0 Å². The Morgan fingerprint density at radius 3 is 1.88 bits per heavy atom. The van der Waals surface area contributed by atoms with Crippen molar-refractivity contribution < 1.29 is 5.11 Å². The molecule has 0 aromatic heterocycles. The van der Waals surface area contributed by atoms with E-state index in [1.807, 2.05) is 48.7 Å². The highest BCUT2D eigenvalue weighted by molar-refractivity contribution is 5.75. The van der Waals surface area contributed by atoms with Gasteiger partial charge in [0.15, 0.2) is 6.17 Å². The Hall–Kier alpha value is -4.11. The number of allylic oxidation sites excluding steroid dienone is 1. The zero-order valence-electron chi connectivity index (χ0n) is 18.4. The van der Waals surface area contributed by atoms with Crippen LogP contribution in [0.5, 0.6) is 5.75 Å². The van der Waals surface area contributed by atoms with E-state index in [-0.39, 0.29) is 11.9 Å². The lowest BCUT2D eigenvalue weighted by atomic mass is 10.0. The molecule has 162 valence electrons. The van der Waals surface area contributed by atoms with E-state index in [0.717, 1.165) is 29.7 Å². The molecular formula is C30H26N2O. The van der Waals surface area contributed by atoms with Crippen LogP contribution in [0.15, 0.2) is 120 Å². The summed E-state index contributed by atoms with van der Waals surface area (Å²) in [5, 5.41) is 10.9. The molecule has 4 aromatic rings. The van der Waals surface area contributed by atoms with Crippen LogP contribution in [0.25, 0.3) is 0 Å². The van der Waals surface area contributed by atoms with Crippen molar-refractivity contribution in [2.24, 2.45) is 4.99 Å². The SMILES string of the molecule is Oc1cc(Cc2ccccc2)ccc1C1N=CC=CN1c1ccc(Cc2ccccc2)cc1. The summed E-state index contributed by atoms with van der Waals surface area (Å²) in [4.78, 5) is 6.77. The van der Waals surface area contributed by atoms with E-state index in [4.69, 9.17) is 0 Å². The van der Waals surface area contributed by atoms with Crippen molar-refractivity contribution in [1.82, 2.24) is 0 Å². The van der Waals surface area contributed by atoms with Gasteiger partial charge in [-0.15, -0.1) is 0 Å². The van der Waals surface area contributed by atoms with E-state index in [1.165, 1.54) is 16.7 Å². The third-order valence-corrected chi connectivity index (χ3v) is 5.93. The lowest BCUT2D eigenvalue weighted by Gasteiger charge is -2.30. The Labute approximate surface area is 195 Å². The zero-order valence-corrected chi connectivity index (χ0v) is 18.4. The molecule has 1 aliphatic rings. The number of nitrogens with zero attached hydrogens (tertiary/aromatic N) is 2. The van der Waals surface area contributed by atoms with E-state index in [9.17, 15) is 5.11 Å². The second-order valence-corrected chi connectivity index (χ2v) is 8.30. The standard InChI is InChI=1S/C30H26N2O/c33-29-22-26(21-24-10-5-2-6-11-24)14-17-28(29)30-31-18-7-19-32(30)27-15-12-25(13-16-27)20-23-8-3-1-4-9-23/h1-19,22,30,33H,20-21H2. The average molecular weight is 431 g/mol. The summed E-state index contributed by atoms with van der Waals surface area (Å²) in [5.74, 6) is 0.270. The molecule has 0 saturated heterocycles. The van der Waals surface area contributed by atoms with Crippen molar-refractivity contribution in [3.8, 4) is 5.75 Å². The maximum atomic E-state index is 10.9. The van der Waals surface area contributed by atoms with E-state index >= 15 is 0 Å². The first kappa shape index (κ1) is 20.8. The van der Waals surface area contributed by atoms with E-state index in [2.05, 4.69) is 76.6 Å². The first-order valence-corrected chi connectivity index (χ1v) is 11.2. The van der Waals surface area contributed by atoms with Crippen LogP contribution in [0.3, 0.4) is 0 Å². The van der Waals surface area contributed by atoms with Gasteiger partial charge in [0.1, 0.15) is 5.75 Å². The lowest BCUT2D eigenvalue weighted by molar-refractivity contribution is 0.461. The average Bonchev–Trinajstić information content (AvgIpc) is 2.86. The van der Waals surface area contributed by atoms with Gasteiger partial charge in [-0.05, 0) is 59.4 Å². The first-order valence-electron chi connectivity index (χ1n) is 11.2. The van der Waals surface area contributed by atoms with Crippen LogP contribution < -0.4 is 4.90 Å².